The van der Waals surface area contributed by atoms with Crippen LogP contribution >= 0.6 is 0 Å². The van der Waals surface area contributed by atoms with E-state index in [1.165, 1.54) is 18.2 Å². The van der Waals surface area contributed by atoms with Crippen LogP contribution in [-0.4, -0.2) is 17.4 Å². The number of hydrogen-bond acceptors (Lipinski definition) is 4. The van der Waals surface area contributed by atoms with E-state index >= 15 is 0 Å². The van der Waals surface area contributed by atoms with Crippen molar-refractivity contribution >= 4 is 17.3 Å². The Kier molecular flexibility index (Phi) is 5.52. The number of carbonyl (C=O) groups is 1. The summed E-state index contributed by atoms with van der Waals surface area (Å²) < 4.78 is 5.35. The number of ether oxygens (including phenoxy) is 1. The molecule has 0 spiro atoms. The average molecular weight is 328 g/mol. The number of nitro benzene ring substituents is 1. The smallest absolute Gasteiger partial charge is 0.273 e. The van der Waals surface area contributed by atoms with Crippen LogP contribution in [0.4, 0.5) is 11.4 Å². The van der Waals surface area contributed by atoms with Crippen molar-refractivity contribution in [2.24, 2.45) is 0 Å². The number of hydrogen-bond donors (Lipinski definition) is 1. The van der Waals surface area contributed by atoms with Crippen LogP contribution in [0.1, 0.15) is 30.9 Å². The molecule has 0 unspecified atom stereocenters. The van der Waals surface area contributed by atoms with Gasteiger partial charge in [0.05, 0.1) is 11.0 Å². The Morgan fingerprint density at radius 2 is 1.96 bits per heavy atom. The first kappa shape index (κ1) is 17.5. The third-order valence-corrected chi connectivity index (χ3v) is 3.59. The number of nitro groups is 1. The van der Waals surface area contributed by atoms with Gasteiger partial charge in [-0.3, -0.25) is 14.9 Å². The van der Waals surface area contributed by atoms with Crippen molar-refractivity contribution in [1.29, 1.82) is 0 Å². The number of rotatable bonds is 6. The zero-order valence-corrected chi connectivity index (χ0v) is 13.9. The Hall–Kier alpha value is -2.89. The van der Waals surface area contributed by atoms with Crippen LogP contribution < -0.4 is 10.1 Å². The Bertz CT molecular complexity index is 756. The van der Waals surface area contributed by atoms with E-state index in [0.717, 1.165) is 16.8 Å². The standard InChI is InChI=1S/C18H20N2O4/c1-12(2)16-9-4-6-13(3)18(16)19-17(21)11-24-15-8-5-7-14(10-15)20(22)23/h4-10,12H,11H2,1-3H3,(H,19,21). The van der Waals surface area contributed by atoms with Gasteiger partial charge in [-0.25, -0.2) is 0 Å². The highest BCUT2D eigenvalue weighted by atomic mass is 16.6. The van der Waals surface area contributed by atoms with E-state index < -0.39 is 4.92 Å². The number of nitrogens with zero attached hydrogens (tertiary/aromatic N) is 1. The molecule has 0 bridgehead atoms. The van der Waals surface area contributed by atoms with Crippen LogP contribution in [0.15, 0.2) is 42.5 Å². The quantitative estimate of drug-likeness (QED) is 0.641. The maximum absolute atomic E-state index is 12.2. The van der Waals surface area contributed by atoms with E-state index in [2.05, 4.69) is 19.2 Å². The topological polar surface area (TPSA) is 81.5 Å². The molecule has 6 heteroatoms. The molecule has 0 aliphatic heterocycles. The van der Waals surface area contributed by atoms with Crippen molar-refractivity contribution in [3.63, 3.8) is 0 Å². The number of amides is 1. The summed E-state index contributed by atoms with van der Waals surface area (Å²) >= 11 is 0. The monoisotopic (exact) mass is 328 g/mol. The van der Waals surface area contributed by atoms with Gasteiger partial charge in [-0.15, -0.1) is 0 Å². The van der Waals surface area contributed by atoms with Gasteiger partial charge in [0.1, 0.15) is 5.75 Å². The molecule has 0 saturated heterocycles. The van der Waals surface area contributed by atoms with Gasteiger partial charge in [-0.05, 0) is 30.0 Å². The van der Waals surface area contributed by atoms with Crippen molar-refractivity contribution in [3.05, 3.63) is 63.7 Å². The number of anilines is 1. The second-order valence-corrected chi connectivity index (χ2v) is 5.79. The van der Waals surface area contributed by atoms with Gasteiger partial charge in [-0.2, -0.15) is 0 Å². The van der Waals surface area contributed by atoms with Gasteiger partial charge in [0.2, 0.25) is 0 Å². The first-order valence-corrected chi connectivity index (χ1v) is 7.65. The van der Waals surface area contributed by atoms with Gasteiger partial charge in [0.15, 0.2) is 6.61 Å². The van der Waals surface area contributed by atoms with Crippen molar-refractivity contribution in [1.82, 2.24) is 0 Å². The fourth-order valence-electron chi connectivity index (χ4n) is 2.35. The number of benzene rings is 2. The summed E-state index contributed by atoms with van der Waals surface area (Å²) in [4.78, 5) is 22.4. The number of carbonyl (C=O) groups excluding carboxylic acids is 1. The summed E-state index contributed by atoms with van der Waals surface area (Å²) in [5, 5.41) is 13.6. The molecule has 0 atom stereocenters. The van der Waals surface area contributed by atoms with Gasteiger partial charge in [0.25, 0.3) is 11.6 Å². The largest absolute Gasteiger partial charge is 0.484 e. The molecular formula is C18H20N2O4. The maximum atomic E-state index is 12.2. The zero-order valence-electron chi connectivity index (χ0n) is 13.9. The summed E-state index contributed by atoms with van der Waals surface area (Å²) in [5.74, 6) is 0.254. The normalized spacial score (nSPS) is 10.5. The molecule has 2 rings (SSSR count). The van der Waals surface area contributed by atoms with Crippen LogP contribution in [0.5, 0.6) is 5.75 Å². The Morgan fingerprint density at radius 1 is 1.25 bits per heavy atom. The molecule has 0 saturated carbocycles. The lowest BCUT2D eigenvalue weighted by Crippen LogP contribution is -2.21. The highest BCUT2D eigenvalue weighted by Crippen LogP contribution is 2.27. The summed E-state index contributed by atoms with van der Waals surface area (Å²) in [6.07, 6.45) is 0. The van der Waals surface area contributed by atoms with E-state index in [9.17, 15) is 14.9 Å². The summed E-state index contributed by atoms with van der Waals surface area (Å²) in [7, 11) is 0. The third kappa shape index (κ3) is 4.32. The molecule has 0 aliphatic rings. The van der Waals surface area contributed by atoms with E-state index in [1.54, 1.807) is 6.07 Å². The molecule has 2 aromatic carbocycles. The summed E-state index contributed by atoms with van der Waals surface area (Å²) in [6.45, 7) is 5.84. The maximum Gasteiger partial charge on any atom is 0.273 e. The predicted molar refractivity (Wildman–Crippen MR) is 92.5 cm³/mol. The van der Waals surface area contributed by atoms with Crippen molar-refractivity contribution in [2.45, 2.75) is 26.7 Å². The van der Waals surface area contributed by atoms with Crippen molar-refractivity contribution in [3.8, 4) is 5.75 Å². The molecule has 0 fully saturated rings. The minimum atomic E-state index is -0.505. The van der Waals surface area contributed by atoms with Crippen molar-refractivity contribution in [2.75, 3.05) is 11.9 Å². The fourth-order valence-corrected chi connectivity index (χ4v) is 2.35. The van der Waals surface area contributed by atoms with Gasteiger partial charge in [-0.1, -0.05) is 38.1 Å². The molecule has 126 valence electrons. The van der Waals surface area contributed by atoms with E-state index in [4.69, 9.17) is 4.74 Å². The molecule has 2 aromatic rings. The lowest BCUT2D eigenvalue weighted by Gasteiger charge is -2.16. The highest BCUT2D eigenvalue weighted by Gasteiger charge is 2.13. The lowest BCUT2D eigenvalue weighted by atomic mass is 9.98. The second-order valence-electron chi connectivity index (χ2n) is 5.79. The average Bonchev–Trinajstić information content (AvgIpc) is 2.55. The van der Waals surface area contributed by atoms with Crippen LogP contribution in [0.3, 0.4) is 0 Å². The van der Waals surface area contributed by atoms with Gasteiger partial charge in [0, 0.05) is 11.8 Å². The molecule has 0 radical (unpaired) electrons. The minimum Gasteiger partial charge on any atom is -0.484 e. The van der Waals surface area contributed by atoms with Crippen LogP contribution in [0.25, 0.3) is 0 Å². The number of non-ortho nitro benzene ring substituents is 1. The molecular weight excluding hydrogens is 308 g/mol. The minimum absolute atomic E-state index is 0.0751. The first-order chi connectivity index (χ1) is 11.4. The Morgan fingerprint density at radius 3 is 2.62 bits per heavy atom. The number of aryl methyl sites for hydroxylation is 1. The van der Waals surface area contributed by atoms with Crippen LogP contribution in [0, 0.1) is 17.0 Å². The van der Waals surface area contributed by atoms with Gasteiger partial charge < -0.3 is 10.1 Å². The SMILES string of the molecule is Cc1cccc(C(C)C)c1NC(=O)COc1cccc([N+](=O)[O-])c1. The summed E-state index contributed by atoms with van der Waals surface area (Å²) in [6, 6.07) is 11.6. The highest BCUT2D eigenvalue weighted by molar-refractivity contribution is 5.93. The zero-order chi connectivity index (χ0) is 17.7. The summed E-state index contributed by atoms with van der Waals surface area (Å²) in [5.41, 5.74) is 2.75. The van der Waals surface area contributed by atoms with Crippen molar-refractivity contribution < 1.29 is 14.5 Å². The van der Waals surface area contributed by atoms with E-state index in [0.29, 0.717) is 0 Å². The van der Waals surface area contributed by atoms with Crippen LogP contribution in [-0.2, 0) is 4.79 Å². The van der Waals surface area contributed by atoms with E-state index in [-0.39, 0.29) is 29.9 Å². The molecule has 1 N–H and O–H groups in total. The Labute approximate surface area is 140 Å². The first-order valence-electron chi connectivity index (χ1n) is 7.65. The molecule has 0 heterocycles. The third-order valence-electron chi connectivity index (χ3n) is 3.59. The lowest BCUT2D eigenvalue weighted by molar-refractivity contribution is -0.384. The fraction of sp³-hybridized carbons (Fsp3) is 0.278. The molecule has 1 amide bonds. The predicted octanol–water partition coefficient (Wildman–Crippen LogP) is 4.04. The molecule has 0 aromatic heterocycles. The van der Waals surface area contributed by atoms with Gasteiger partial charge >= 0.3 is 0 Å². The number of para-hydroxylation sites is 1. The van der Waals surface area contributed by atoms with E-state index in [1.807, 2.05) is 25.1 Å². The molecule has 6 nitrogen and oxygen atoms in total. The Balaban J connectivity index is 2.05. The number of nitrogens with one attached hydrogen (secondary N) is 1. The molecule has 24 heavy (non-hydrogen) atoms. The second kappa shape index (κ2) is 7.59. The molecule has 0 aliphatic carbocycles. The van der Waals surface area contributed by atoms with Crippen LogP contribution in [0.2, 0.25) is 0 Å².